The average Bonchev–Trinajstić information content (AvgIpc) is 3.27. The number of aromatic nitrogens is 3. The topological polar surface area (TPSA) is 118 Å². The lowest BCUT2D eigenvalue weighted by atomic mass is 10.0. The molecular formula is C26H25N5O4S2. The van der Waals surface area contributed by atoms with Crippen LogP contribution in [0.1, 0.15) is 41.4 Å². The number of carbonyl (C=O) groups excluding carboxylic acids is 1. The molecule has 190 valence electrons. The number of fused-ring (bicyclic) bond motifs is 1. The number of sulfone groups is 1. The molecule has 4 aromatic rings. The van der Waals surface area contributed by atoms with Gasteiger partial charge in [-0.25, -0.2) is 23.4 Å². The Morgan fingerprint density at radius 3 is 2.73 bits per heavy atom. The summed E-state index contributed by atoms with van der Waals surface area (Å²) >= 11 is 1.40. The van der Waals surface area contributed by atoms with Crippen molar-refractivity contribution < 1.29 is 17.6 Å². The lowest BCUT2D eigenvalue weighted by Crippen LogP contribution is -2.35. The van der Waals surface area contributed by atoms with Gasteiger partial charge in [0.1, 0.15) is 17.8 Å². The summed E-state index contributed by atoms with van der Waals surface area (Å²) < 4.78 is 30.9. The van der Waals surface area contributed by atoms with Gasteiger partial charge < -0.3 is 14.6 Å². The van der Waals surface area contributed by atoms with E-state index < -0.39 is 9.84 Å². The second-order valence-corrected chi connectivity index (χ2v) is 12.6. The molecule has 1 atom stereocenters. The number of hydrogen-bond acceptors (Lipinski definition) is 9. The highest BCUT2D eigenvalue weighted by molar-refractivity contribution is 7.90. The van der Waals surface area contributed by atoms with Crippen LogP contribution in [-0.2, 0) is 16.4 Å². The molecule has 4 heterocycles. The molecule has 11 heteroatoms. The summed E-state index contributed by atoms with van der Waals surface area (Å²) in [6, 6.07) is 9.12. The molecule has 0 spiro atoms. The maximum absolute atomic E-state index is 13.3. The highest BCUT2D eigenvalue weighted by Crippen LogP contribution is 2.42. The minimum absolute atomic E-state index is 0.0816. The Kier molecular flexibility index (Phi) is 5.64. The molecule has 3 aromatic heterocycles. The van der Waals surface area contributed by atoms with E-state index in [1.165, 1.54) is 17.6 Å². The molecule has 1 unspecified atom stereocenters. The van der Waals surface area contributed by atoms with E-state index in [0.717, 1.165) is 40.8 Å². The average molecular weight is 536 g/mol. The van der Waals surface area contributed by atoms with E-state index in [-0.39, 0.29) is 16.8 Å². The molecule has 0 saturated heterocycles. The SMILES string of the molecule is Cc1nc(Nc2cccc(-c3ncco3)n2)sc1-c1cc2c(c(S(C)(=O)=O)c1)C(=O)N(C(C)C1CC1)C2. The maximum Gasteiger partial charge on any atom is 0.256 e. The fourth-order valence-electron chi connectivity index (χ4n) is 4.83. The number of nitrogens with zero attached hydrogens (tertiary/aromatic N) is 4. The van der Waals surface area contributed by atoms with Crippen LogP contribution in [0.3, 0.4) is 0 Å². The Morgan fingerprint density at radius 1 is 1.22 bits per heavy atom. The maximum atomic E-state index is 13.3. The van der Waals surface area contributed by atoms with Crippen LogP contribution < -0.4 is 5.32 Å². The number of benzene rings is 1. The molecule has 2 aliphatic rings. The first-order valence-corrected chi connectivity index (χ1v) is 14.7. The fourth-order valence-corrected chi connectivity index (χ4v) is 6.72. The van der Waals surface area contributed by atoms with Gasteiger partial charge in [0.05, 0.1) is 27.2 Å². The third-order valence-corrected chi connectivity index (χ3v) is 9.13. The van der Waals surface area contributed by atoms with E-state index in [4.69, 9.17) is 4.42 Å². The summed E-state index contributed by atoms with van der Waals surface area (Å²) in [4.78, 5) is 29.4. The molecule has 0 bridgehead atoms. The van der Waals surface area contributed by atoms with E-state index in [1.807, 2.05) is 36.1 Å². The van der Waals surface area contributed by atoms with Crippen LogP contribution in [0.25, 0.3) is 22.0 Å². The van der Waals surface area contributed by atoms with Crippen LogP contribution in [0.5, 0.6) is 0 Å². The summed E-state index contributed by atoms with van der Waals surface area (Å²) in [5.41, 5.74) is 3.14. The van der Waals surface area contributed by atoms with E-state index in [2.05, 4.69) is 27.2 Å². The quantitative estimate of drug-likeness (QED) is 0.348. The van der Waals surface area contributed by atoms with Crippen molar-refractivity contribution >= 4 is 38.0 Å². The van der Waals surface area contributed by atoms with Gasteiger partial charge >= 0.3 is 0 Å². The second-order valence-electron chi connectivity index (χ2n) is 9.60. The van der Waals surface area contributed by atoms with Gasteiger partial charge in [0.15, 0.2) is 15.0 Å². The van der Waals surface area contributed by atoms with E-state index in [1.54, 1.807) is 12.3 Å². The Bertz CT molecular complexity index is 1620. The highest BCUT2D eigenvalue weighted by Gasteiger charge is 2.41. The summed E-state index contributed by atoms with van der Waals surface area (Å²) in [6.07, 6.45) is 6.43. The van der Waals surface area contributed by atoms with Crippen LogP contribution in [0, 0.1) is 12.8 Å². The van der Waals surface area contributed by atoms with Crippen molar-refractivity contribution in [2.75, 3.05) is 11.6 Å². The van der Waals surface area contributed by atoms with E-state index in [9.17, 15) is 13.2 Å². The molecular weight excluding hydrogens is 510 g/mol. The fraction of sp³-hybridized carbons (Fsp3) is 0.308. The number of aryl methyl sites for hydroxylation is 1. The zero-order valence-electron chi connectivity index (χ0n) is 20.6. The third-order valence-electron chi connectivity index (χ3n) is 6.89. The van der Waals surface area contributed by atoms with Gasteiger partial charge in [-0.15, -0.1) is 0 Å². The summed E-state index contributed by atoms with van der Waals surface area (Å²) in [5.74, 6) is 1.30. The van der Waals surface area contributed by atoms with Gasteiger partial charge in [-0.3, -0.25) is 4.79 Å². The standard InChI is InChI=1S/C26H25N5O4S2/c1-14-23(36-26(28-14)30-21-6-4-5-19(29-21)24-27-9-10-35-24)17-11-18-13-31(15(2)16-7-8-16)25(32)22(18)20(12-17)37(3,33)34/h4-6,9-12,15-16H,7-8,13H2,1-3H3,(H,28,29,30). The second kappa shape index (κ2) is 8.77. The zero-order valence-corrected chi connectivity index (χ0v) is 22.2. The van der Waals surface area contributed by atoms with Gasteiger partial charge in [-0.05, 0) is 68.0 Å². The predicted molar refractivity (Wildman–Crippen MR) is 140 cm³/mol. The minimum atomic E-state index is -3.63. The smallest absolute Gasteiger partial charge is 0.256 e. The molecule has 1 aliphatic carbocycles. The number of rotatable bonds is 7. The normalized spacial score (nSPS) is 16.2. The van der Waals surface area contributed by atoms with Crippen LogP contribution in [0.4, 0.5) is 10.9 Å². The number of thiazole rings is 1. The van der Waals surface area contributed by atoms with Gasteiger partial charge in [-0.2, -0.15) is 0 Å². The Hall–Kier alpha value is -3.57. The van der Waals surface area contributed by atoms with Gasteiger partial charge in [-0.1, -0.05) is 17.4 Å². The van der Waals surface area contributed by atoms with Crippen molar-refractivity contribution in [1.82, 2.24) is 19.9 Å². The predicted octanol–water partition coefficient (Wildman–Crippen LogP) is 5.07. The largest absolute Gasteiger partial charge is 0.443 e. The first-order chi connectivity index (χ1) is 17.7. The molecule has 9 nitrogen and oxygen atoms in total. The molecule has 1 aliphatic heterocycles. The molecule has 1 saturated carbocycles. The summed E-state index contributed by atoms with van der Waals surface area (Å²) in [7, 11) is -3.63. The lowest BCUT2D eigenvalue weighted by Gasteiger charge is -2.24. The highest BCUT2D eigenvalue weighted by atomic mass is 32.2. The van der Waals surface area contributed by atoms with E-state index >= 15 is 0 Å². The van der Waals surface area contributed by atoms with Crippen LogP contribution >= 0.6 is 11.3 Å². The molecule has 6 rings (SSSR count). The monoisotopic (exact) mass is 535 g/mol. The molecule has 1 N–H and O–H groups in total. The molecule has 37 heavy (non-hydrogen) atoms. The number of carbonyl (C=O) groups is 1. The number of hydrogen-bond donors (Lipinski definition) is 1. The van der Waals surface area contributed by atoms with Gasteiger partial charge in [0.2, 0.25) is 5.89 Å². The molecule has 1 amide bonds. The van der Waals surface area contributed by atoms with Crippen LogP contribution in [-0.4, -0.2) is 46.5 Å². The van der Waals surface area contributed by atoms with Crippen molar-refractivity contribution in [3.8, 4) is 22.0 Å². The minimum Gasteiger partial charge on any atom is -0.443 e. The zero-order chi connectivity index (χ0) is 25.9. The number of anilines is 2. The number of amides is 1. The third kappa shape index (κ3) is 4.42. The number of pyridine rings is 1. The van der Waals surface area contributed by atoms with Crippen molar-refractivity contribution in [1.29, 1.82) is 0 Å². The van der Waals surface area contributed by atoms with Crippen molar-refractivity contribution in [3.05, 3.63) is 59.6 Å². The lowest BCUT2D eigenvalue weighted by molar-refractivity contribution is 0.0694. The molecule has 0 radical (unpaired) electrons. The first kappa shape index (κ1) is 23.8. The van der Waals surface area contributed by atoms with Crippen molar-refractivity contribution in [2.24, 2.45) is 5.92 Å². The number of oxazole rings is 1. The molecule has 1 aromatic carbocycles. The Balaban J connectivity index is 1.35. The van der Waals surface area contributed by atoms with Crippen molar-refractivity contribution in [2.45, 2.75) is 44.2 Å². The van der Waals surface area contributed by atoms with Gasteiger partial charge in [0.25, 0.3) is 5.91 Å². The van der Waals surface area contributed by atoms with Gasteiger partial charge in [0, 0.05) is 18.8 Å². The number of nitrogens with one attached hydrogen (secondary N) is 1. The van der Waals surface area contributed by atoms with Crippen molar-refractivity contribution in [3.63, 3.8) is 0 Å². The van der Waals surface area contributed by atoms with Crippen LogP contribution in [0.15, 0.2) is 52.1 Å². The summed E-state index contributed by atoms with van der Waals surface area (Å²) in [5, 5.41) is 3.85. The van der Waals surface area contributed by atoms with E-state index in [0.29, 0.717) is 40.6 Å². The van der Waals surface area contributed by atoms with Crippen LogP contribution in [0.2, 0.25) is 0 Å². The Morgan fingerprint density at radius 2 is 2.03 bits per heavy atom. The molecule has 1 fully saturated rings. The first-order valence-electron chi connectivity index (χ1n) is 12.0. The summed E-state index contributed by atoms with van der Waals surface area (Å²) in [6.45, 7) is 4.36. The Labute approximate surface area is 218 Å².